The molecular formula is C27H30ClNO3. The van der Waals surface area contributed by atoms with Gasteiger partial charge in [-0.15, -0.1) is 12.4 Å². The number of hydrogen-bond donors (Lipinski definition) is 2. The number of halogens is 1. The normalized spacial score (nSPS) is 13.8. The summed E-state index contributed by atoms with van der Waals surface area (Å²) in [5.74, 6) is 1.11. The van der Waals surface area contributed by atoms with Crippen LogP contribution in [0.3, 0.4) is 0 Å². The lowest BCUT2D eigenvalue weighted by Crippen LogP contribution is -2.10. The van der Waals surface area contributed by atoms with Crippen molar-refractivity contribution in [2.24, 2.45) is 0 Å². The molecule has 5 heteroatoms. The molecule has 1 saturated heterocycles. The van der Waals surface area contributed by atoms with E-state index in [2.05, 4.69) is 29.2 Å². The monoisotopic (exact) mass is 451 g/mol. The minimum absolute atomic E-state index is 0. The van der Waals surface area contributed by atoms with E-state index in [1.54, 1.807) is 12.1 Å². The number of aliphatic hydroxyl groups excluding tert-OH is 1. The maximum absolute atomic E-state index is 9.80. The second-order valence-electron chi connectivity index (χ2n) is 7.81. The van der Waals surface area contributed by atoms with Crippen LogP contribution in [-0.2, 0) is 0 Å². The van der Waals surface area contributed by atoms with Crippen molar-refractivity contribution in [1.82, 2.24) is 4.90 Å². The number of ether oxygens (including phenoxy) is 1. The minimum Gasteiger partial charge on any atom is -0.508 e. The van der Waals surface area contributed by atoms with Gasteiger partial charge in [0.2, 0.25) is 0 Å². The molecule has 0 amide bonds. The van der Waals surface area contributed by atoms with Gasteiger partial charge in [0.05, 0.1) is 0 Å². The van der Waals surface area contributed by atoms with Crippen molar-refractivity contribution in [2.45, 2.75) is 12.8 Å². The van der Waals surface area contributed by atoms with E-state index in [0.717, 1.165) is 41.0 Å². The van der Waals surface area contributed by atoms with E-state index in [9.17, 15) is 10.2 Å². The average molecular weight is 452 g/mol. The molecule has 0 unspecified atom stereocenters. The lowest BCUT2D eigenvalue weighted by atomic mass is 9.87. The Kier molecular flexibility index (Phi) is 8.74. The van der Waals surface area contributed by atoms with Gasteiger partial charge in [0, 0.05) is 26.2 Å². The van der Waals surface area contributed by atoms with Gasteiger partial charge in [-0.3, -0.25) is 4.90 Å². The van der Waals surface area contributed by atoms with Crippen molar-refractivity contribution in [1.29, 1.82) is 0 Å². The largest absolute Gasteiger partial charge is 0.508 e. The first-order chi connectivity index (χ1) is 15.2. The van der Waals surface area contributed by atoms with E-state index in [1.165, 1.54) is 18.7 Å². The summed E-state index contributed by atoms with van der Waals surface area (Å²) >= 11 is 0. The molecule has 0 aliphatic carbocycles. The van der Waals surface area contributed by atoms with Crippen LogP contribution in [0.2, 0.25) is 0 Å². The molecule has 4 nitrogen and oxygen atoms in total. The van der Waals surface area contributed by atoms with Crippen molar-refractivity contribution in [3.63, 3.8) is 0 Å². The molecule has 4 rings (SSSR count). The Labute approximate surface area is 196 Å². The molecular weight excluding hydrogens is 422 g/mol. The van der Waals surface area contributed by atoms with Crippen molar-refractivity contribution in [3.8, 4) is 11.5 Å². The van der Waals surface area contributed by atoms with Crippen LogP contribution in [0.25, 0.3) is 11.1 Å². The molecule has 32 heavy (non-hydrogen) atoms. The van der Waals surface area contributed by atoms with Crippen LogP contribution in [0.5, 0.6) is 11.5 Å². The van der Waals surface area contributed by atoms with Gasteiger partial charge in [-0.1, -0.05) is 54.6 Å². The van der Waals surface area contributed by atoms with E-state index in [0.29, 0.717) is 13.0 Å². The molecule has 168 valence electrons. The third kappa shape index (κ3) is 6.36. The van der Waals surface area contributed by atoms with Crippen LogP contribution in [0, 0.1) is 0 Å². The Morgan fingerprint density at radius 2 is 1.44 bits per heavy atom. The number of aromatic hydroxyl groups is 1. The average Bonchev–Trinajstić information content (AvgIpc) is 3.63. The van der Waals surface area contributed by atoms with Crippen LogP contribution >= 0.6 is 12.4 Å². The fourth-order valence-electron chi connectivity index (χ4n) is 3.76. The van der Waals surface area contributed by atoms with E-state index in [-0.39, 0.29) is 24.8 Å². The number of phenols is 1. The summed E-state index contributed by atoms with van der Waals surface area (Å²) < 4.78 is 5.90. The standard InChI is InChI=1S/C27H29NO3.ClH/c29-19-4-7-26(21-5-2-1-3-6-21)27(22-8-12-24(30)13-9-22)23-10-14-25(15-11-23)31-20-18-28-16-17-28;/h1-3,5-6,8-15,29-30H,4,7,16-20H2;1H/b27-26-;. The minimum atomic E-state index is 0. The second-order valence-corrected chi connectivity index (χ2v) is 7.81. The zero-order valence-corrected chi connectivity index (χ0v) is 18.9. The van der Waals surface area contributed by atoms with Gasteiger partial charge in [0.1, 0.15) is 18.1 Å². The van der Waals surface area contributed by atoms with Crippen LogP contribution < -0.4 is 4.74 Å². The van der Waals surface area contributed by atoms with Crippen molar-refractivity contribution in [3.05, 3.63) is 95.6 Å². The highest BCUT2D eigenvalue weighted by molar-refractivity contribution is 5.98. The summed E-state index contributed by atoms with van der Waals surface area (Å²) in [4.78, 5) is 2.34. The Morgan fingerprint density at radius 3 is 2.03 bits per heavy atom. The summed E-state index contributed by atoms with van der Waals surface area (Å²) in [6.07, 6.45) is 1.44. The number of nitrogens with zero attached hydrogens (tertiary/aromatic N) is 1. The summed E-state index contributed by atoms with van der Waals surface area (Å²) in [5.41, 5.74) is 5.54. The summed E-state index contributed by atoms with van der Waals surface area (Å²) in [5, 5.41) is 19.3. The van der Waals surface area contributed by atoms with Crippen LogP contribution in [0.15, 0.2) is 78.9 Å². The third-order valence-corrected chi connectivity index (χ3v) is 5.52. The van der Waals surface area contributed by atoms with Crippen molar-refractivity contribution >= 4 is 23.6 Å². The van der Waals surface area contributed by atoms with Gasteiger partial charge in [-0.2, -0.15) is 0 Å². The highest BCUT2D eigenvalue weighted by Gasteiger charge is 2.17. The van der Waals surface area contributed by atoms with Gasteiger partial charge in [0.25, 0.3) is 0 Å². The number of phenolic OH excluding ortho intramolecular Hbond substituents is 1. The van der Waals surface area contributed by atoms with Crippen molar-refractivity contribution < 1.29 is 14.9 Å². The summed E-state index contributed by atoms with van der Waals surface area (Å²) in [6.45, 7) is 4.17. The molecule has 0 saturated carbocycles. The molecule has 3 aromatic rings. The Bertz CT molecular complexity index is 997. The van der Waals surface area contributed by atoms with Gasteiger partial charge < -0.3 is 14.9 Å². The van der Waals surface area contributed by atoms with Crippen LogP contribution in [0.1, 0.15) is 29.5 Å². The topological polar surface area (TPSA) is 52.7 Å². The fraction of sp³-hybridized carbons (Fsp3) is 0.259. The smallest absolute Gasteiger partial charge is 0.119 e. The Balaban J connectivity index is 0.00000289. The molecule has 0 spiro atoms. The summed E-state index contributed by atoms with van der Waals surface area (Å²) in [7, 11) is 0. The number of aliphatic hydroxyl groups is 1. The second kappa shape index (κ2) is 11.7. The zero-order valence-electron chi connectivity index (χ0n) is 18.1. The first-order valence-corrected chi connectivity index (χ1v) is 10.9. The maximum Gasteiger partial charge on any atom is 0.119 e. The van der Waals surface area contributed by atoms with Gasteiger partial charge in [-0.05, 0) is 64.9 Å². The predicted octanol–water partition coefficient (Wildman–Crippen LogP) is 5.24. The number of allylic oxidation sites excluding steroid dienone is 1. The van der Waals surface area contributed by atoms with Crippen LogP contribution in [-0.4, -0.2) is 48.0 Å². The van der Waals surface area contributed by atoms with Crippen LogP contribution in [0.4, 0.5) is 0 Å². The predicted molar refractivity (Wildman–Crippen MR) is 132 cm³/mol. The lowest BCUT2D eigenvalue weighted by Gasteiger charge is -2.18. The number of benzene rings is 3. The molecule has 0 aromatic heterocycles. The molecule has 3 aromatic carbocycles. The molecule has 0 atom stereocenters. The molecule has 1 fully saturated rings. The van der Waals surface area contributed by atoms with Gasteiger partial charge in [0.15, 0.2) is 0 Å². The maximum atomic E-state index is 9.80. The van der Waals surface area contributed by atoms with E-state index in [4.69, 9.17) is 4.74 Å². The molecule has 2 N–H and O–H groups in total. The first-order valence-electron chi connectivity index (χ1n) is 10.9. The molecule has 1 aliphatic heterocycles. The highest BCUT2D eigenvalue weighted by atomic mass is 35.5. The molecule has 0 radical (unpaired) electrons. The quantitative estimate of drug-likeness (QED) is 0.327. The van der Waals surface area contributed by atoms with E-state index in [1.807, 2.05) is 42.5 Å². The summed E-state index contributed by atoms with van der Waals surface area (Å²) in [6, 6.07) is 25.9. The SMILES string of the molecule is Cl.OCCC/C(=C(\c1ccc(O)cc1)c1ccc(OCCN2CC2)cc1)c1ccccc1. The molecule has 1 heterocycles. The zero-order chi connectivity index (χ0) is 21.5. The Morgan fingerprint density at radius 1 is 0.812 bits per heavy atom. The van der Waals surface area contributed by atoms with E-state index < -0.39 is 0 Å². The van der Waals surface area contributed by atoms with Crippen molar-refractivity contribution in [2.75, 3.05) is 32.8 Å². The third-order valence-electron chi connectivity index (χ3n) is 5.52. The number of rotatable bonds is 10. The Hall–Kier alpha value is -2.79. The lowest BCUT2D eigenvalue weighted by molar-refractivity contribution is 0.290. The fourth-order valence-corrected chi connectivity index (χ4v) is 3.76. The number of hydrogen-bond acceptors (Lipinski definition) is 4. The molecule has 0 bridgehead atoms. The highest BCUT2D eigenvalue weighted by Crippen LogP contribution is 2.36. The first kappa shape index (κ1) is 23.9. The van der Waals surface area contributed by atoms with Gasteiger partial charge >= 0.3 is 0 Å². The van der Waals surface area contributed by atoms with Gasteiger partial charge in [-0.25, -0.2) is 0 Å². The molecule has 1 aliphatic rings. The van der Waals surface area contributed by atoms with E-state index >= 15 is 0 Å².